The van der Waals surface area contributed by atoms with Crippen LogP contribution in [-0.4, -0.2) is 11.8 Å². The number of nitrogens with two attached hydrogens (primary N) is 1. The second kappa shape index (κ2) is 4.45. The maximum atomic E-state index is 11.2. The van der Waals surface area contributed by atoms with Crippen molar-refractivity contribution in [2.75, 3.05) is 0 Å². The summed E-state index contributed by atoms with van der Waals surface area (Å²) in [6.45, 7) is 5.80. The molecule has 0 rings (SSSR count). The summed E-state index contributed by atoms with van der Waals surface area (Å²) >= 11 is 0. The molecule has 10 heavy (non-hydrogen) atoms. The fraction of sp³-hybridized carbons (Fsp3) is 0.875. The SMILES string of the molecule is CCC(CC)C(=O)C(C)N. The number of hydrogen-bond donors (Lipinski definition) is 1. The Balaban J connectivity index is 3.89. The van der Waals surface area contributed by atoms with E-state index in [9.17, 15) is 4.79 Å². The van der Waals surface area contributed by atoms with Crippen molar-refractivity contribution < 1.29 is 4.79 Å². The molecule has 0 amide bonds. The van der Waals surface area contributed by atoms with Crippen LogP contribution < -0.4 is 5.73 Å². The van der Waals surface area contributed by atoms with Gasteiger partial charge >= 0.3 is 0 Å². The fourth-order valence-electron chi connectivity index (χ4n) is 1.06. The predicted octanol–water partition coefficient (Wildman–Crippen LogP) is 1.34. The Bertz CT molecular complexity index is 106. The van der Waals surface area contributed by atoms with Crippen LogP contribution in [0.25, 0.3) is 0 Å². The van der Waals surface area contributed by atoms with Crippen molar-refractivity contribution in [1.29, 1.82) is 0 Å². The van der Waals surface area contributed by atoms with E-state index in [1.54, 1.807) is 6.92 Å². The van der Waals surface area contributed by atoms with Crippen molar-refractivity contribution in [1.82, 2.24) is 0 Å². The van der Waals surface area contributed by atoms with E-state index in [1.165, 1.54) is 0 Å². The van der Waals surface area contributed by atoms with Gasteiger partial charge in [-0.15, -0.1) is 0 Å². The fourth-order valence-corrected chi connectivity index (χ4v) is 1.06. The number of ketones is 1. The van der Waals surface area contributed by atoms with Crippen molar-refractivity contribution in [3.63, 3.8) is 0 Å². The number of carbonyl (C=O) groups excluding carboxylic acids is 1. The lowest BCUT2D eigenvalue weighted by atomic mass is 9.94. The lowest BCUT2D eigenvalue weighted by Gasteiger charge is -2.12. The number of hydrogen-bond acceptors (Lipinski definition) is 2. The summed E-state index contributed by atoms with van der Waals surface area (Å²) in [5, 5.41) is 0. The molecule has 0 aromatic rings. The smallest absolute Gasteiger partial charge is 0.152 e. The average Bonchev–Trinajstić information content (AvgIpc) is 1.90. The molecule has 0 spiro atoms. The van der Waals surface area contributed by atoms with E-state index in [1.807, 2.05) is 13.8 Å². The van der Waals surface area contributed by atoms with Gasteiger partial charge in [-0.2, -0.15) is 0 Å². The minimum absolute atomic E-state index is 0.181. The molecule has 60 valence electrons. The van der Waals surface area contributed by atoms with Crippen LogP contribution in [0.4, 0.5) is 0 Å². The van der Waals surface area contributed by atoms with Gasteiger partial charge in [-0.1, -0.05) is 13.8 Å². The van der Waals surface area contributed by atoms with E-state index in [2.05, 4.69) is 0 Å². The summed E-state index contributed by atoms with van der Waals surface area (Å²) in [6.07, 6.45) is 1.83. The molecule has 0 bridgehead atoms. The highest BCUT2D eigenvalue weighted by Crippen LogP contribution is 2.09. The average molecular weight is 143 g/mol. The molecule has 0 fully saturated rings. The minimum atomic E-state index is -0.287. The van der Waals surface area contributed by atoms with Crippen molar-refractivity contribution in [3.8, 4) is 0 Å². The van der Waals surface area contributed by atoms with Crippen molar-refractivity contribution in [2.24, 2.45) is 11.7 Å². The summed E-state index contributed by atoms with van der Waals surface area (Å²) in [7, 11) is 0. The lowest BCUT2D eigenvalue weighted by Crippen LogP contribution is -2.32. The molecule has 1 atom stereocenters. The summed E-state index contributed by atoms with van der Waals surface area (Å²) in [6, 6.07) is -0.287. The van der Waals surface area contributed by atoms with Gasteiger partial charge in [0.05, 0.1) is 6.04 Å². The molecule has 0 saturated heterocycles. The first kappa shape index (κ1) is 9.63. The second-order valence-corrected chi connectivity index (χ2v) is 2.70. The van der Waals surface area contributed by atoms with Crippen molar-refractivity contribution >= 4 is 5.78 Å². The highest BCUT2D eigenvalue weighted by Gasteiger charge is 2.16. The number of rotatable bonds is 4. The van der Waals surface area contributed by atoms with Crippen LogP contribution in [0, 0.1) is 5.92 Å². The molecule has 2 N–H and O–H groups in total. The van der Waals surface area contributed by atoms with E-state index >= 15 is 0 Å². The quantitative estimate of drug-likeness (QED) is 0.645. The van der Waals surface area contributed by atoms with Crippen LogP contribution in [0.15, 0.2) is 0 Å². The maximum Gasteiger partial charge on any atom is 0.152 e. The Morgan fingerprint density at radius 1 is 1.40 bits per heavy atom. The first-order valence-electron chi connectivity index (χ1n) is 3.92. The third kappa shape index (κ3) is 2.48. The van der Waals surface area contributed by atoms with Gasteiger partial charge in [0, 0.05) is 5.92 Å². The molecule has 0 radical (unpaired) electrons. The molecule has 0 aromatic carbocycles. The first-order chi connectivity index (χ1) is 4.63. The van der Waals surface area contributed by atoms with Gasteiger partial charge in [0.2, 0.25) is 0 Å². The first-order valence-corrected chi connectivity index (χ1v) is 3.92. The maximum absolute atomic E-state index is 11.2. The molecular weight excluding hydrogens is 126 g/mol. The largest absolute Gasteiger partial charge is 0.322 e. The Morgan fingerprint density at radius 3 is 1.90 bits per heavy atom. The van der Waals surface area contributed by atoms with Crippen LogP contribution in [0.3, 0.4) is 0 Å². The van der Waals surface area contributed by atoms with Gasteiger partial charge in [0.1, 0.15) is 0 Å². The Labute approximate surface area is 62.8 Å². The third-order valence-corrected chi connectivity index (χ3v) is 1.84. The summed E-state index contributed by atoms with van der Waals surface area (Å²) in [5.41, 5.74) is 5.44. The molecule has 0 heterocycles. The van der Waals surface area contributed by atoms with Gasteiger partial charge in [0.15, 0.2) is 5.78 Å². The normalized spacial score (nSPS) is 13.7. The van der Waals surface area contributed by atoms with Crippen LogP contribution in [-0.2, 0) is 4.79 Å². The molecule has 0 aliphatic rings. The third-order valence-electron chi connectivity index (χ3n) is 1.84. The molecule has 0 aliphatic heterocycles. The zero-order chi connectivity index (χ0) is 8.15. The van der Waals surface area contributed by atoms with Gasteiger partial charge in [-0.25, -0.2) is 0 Å². The van der Waals surface area contributed by atoms with E-state index in [4.69, 9.17) is 5.73 Å². The van der Waals surface area contributed by atoms with E-state index in [-0.39, 0.29) is 17.7 Å². The van der Waals surface area contributed by atoms with Crippen LogP contribution in [0.1, 0.15) is 33.6 Å². The molecule has 0 saturated carbocycles. The Morgan fingerprint density at radius 2 is 1.80 bits per heavy atom. The van der Waals surface area contributed by atoms with Crippen molar-refractivity contribution in [2.45, 2.75) is 39.7 Å². The lowest BCUT2D eigenvalue weighted by molar-refractivity contribution is -0.123. The van der Waals surface area contributed by atoms with Gasteiger partial charge in [-0.3, -0.25) is 4.79 Å². The van der Waals surface area contributed by atoms with Gasteiger partial charge < -0.3 is 5.73 Å². The van der Waals surface area contributed by atoms with Gasteiger partial charge in [-0.05, 0) is 19.8 Å². The summed E-state index contributed by atoms with van der Waals surface area (Å²) in [5.74, 6) is 0.380. The summed E-state index contributed by atoms with van der Waals surface area (Å²) < 4.78 is 0. The van der Waals surface area contributed by atoms with Crippen LogP contribution >= 0.6 is 0 Å². The highest BCUT2D eigenvalue weighted by molar-refractivity contribution is 5.85. The monoisotopic (exact) mass is 143 g/mol. The Hall–Kier alpha value is -0.370. The van der Waals surface area contributed by atoms with E-state index in [0.29, 0.717) is 0 Å². The number of carbonyl (C=O) groups is 1. The molecular formula is C8H17NO. The van der Waals surface area contributed by atoms with Crippen molar-refractivity contribution in [3.05, 3.63) is 0 Å². The molecule has 2 heteroatoms. The molecule has 2 nitrogen and oxygen atoms in total. The zero-order valence-electron chi connectivity index (χ0n) is 7.05. The number of Topliss-reactive ketones (excluding diaryl/α,β-unsaturated/α-hetero) is 1. The molecule has 0 aromatic heterocycles. The van der Waals surface area contributed by atoms with Crippen LogP contribution in [0.2, 0.25) is 0 Å². The molecule has 0 aliphatic carbocycles. The predicted molar refractivity (Wildman–Crippen MR) is 42.7 cm³/mol. The topological polar surface area (TPSA) is 43.1 Å². The standard InChI is InChI=1S/C8H17NO/c1-4-7(5-2)8(10)6(3)9/h6-7H,4-5,9H2,1-3H3. The van der Waals surface area contributed by atoms with Crippen LogP contribution in [0.5, 0.6) is 0 Å². The van der Waals surface area contributed by atoms with Gasteiger partial charge in [0.25, 0.3) is 0 Å². The summed E-state index contributed by atoms with van der Waals surface area (Å²) in [4.78, 5) is 11.2. The highest BCUT2D eigenvalue weighted by atomic mass is 16.1. The minimum Gasteiger partial charge on any atom is -0.322 e. The van der Waals surface area contributed by atoms with E-state index in [0.717, 1.165) is 12.8 Å². The van der Waals surface area contributed by atoms with E-state index < -0.39 is 0 Å². The molecule has 1 unspecified atom stereocenters. The zero-order valence-corrected chi connectivity index (χ0v) is 7.05. The Kier molecular flexibility index (Phi) is 4.28. The second-order valence-electron chi connectivity index (χ2n) is 2.70.